The van der Waals surface area contributed by atoms with E-state index in [1.54, 1.807) is 0 Å². The zero-order chi connectivity index (χ0) is 15.6. The summed E-state index contributed by atoms with van der Waals surface area (Å²) in [7, 11) is 5.61. The first-order valence-corrected chi connectivity index (χ1v) is 9.41. The van der Waals surface area contributed by atoms with Gasteiger partial charge in [-0.2, -0.15) is 0 Å². The first-order valence-electron chi connectivity index (χ1n) is 6.82. The van der Waals surface area contributed by atoms with E-state index in [1.165, 1.54) is 0 Å². The maximum atomic E-state index is 10.1. The smallest absolute Gasteiger partial charge is 0.324 e. The molecule has 0 aromatic carbocycles. The van der Waals surface area contributed by atoms with Gasteiger partial charge >= 0.3 is 6.72 Å². The number of ether oxygens (including phenoxy) is 2. The first-order chi connectivity index (χ1) is 9.80. The predicted octanol–water partition coefficient (Wildman–Crippen LogP) is -0.581. The van der Waals surface area contributed by atoms with Crippen LogP contribution in [-0.4, -0.2) is 72.7 Å². The van der Waals surface area contributed by atoms with Gasteiger partial charge in [-0.15, -0.1) is 0 Å². The van der Waals surface area contributed by atoms with Crippen LogP contribution in [0.15, 0.2) is 0 Å². The molecule has 2 rings (SSSR count). The van der Waals surface area contributed by atoms with Gasteiger partial charge < -0.3 is 33.6 Å². The maximum absolute atomic E-state index is 10.1. The molecule has 2 radical (unpaired) electrons. The highest BCUT2D eigenvalue weighted by Crippen LogP contribution is 2.48. The quantitative estimate of drug-likeness (QED) is 0.437. The second-order valence-corrected chi connectivity index (χ2v) is 8.12. The summed E-state index contributed by atoms with van der Waals surface area (Å²) >= 11 is 4.93. The molecule has 2 aliphatic rings. The minimum atomic E-state index is -3.52. The molecule has 0 amide bonds. The van der Waals surface area contributed by atoms with Gasteiger partial charge in [0, 0.05) is 12.4 Å². The summed E-state index contributed by atoms with van der Waals surface area (Å²) in [4.78, 5) is 10.1. The third kappa shape index (κ3) is 4.96. The van der Waals surface area contributed by atoms with Crippen LogP contribution >= 0.6 is 6.72 Å². The Labute approximate surface area is 130 Å². The maximum Gasteiger partial charge on any atom is 0.324 e. The van der Waals surface area contributed by atoms with Crippen LogP contribution in [0.2, 0.25) is 0 Å². The molecule has 0 aliphatic carbocycles. The summed E-state index contributed by atoms with van der Waals surface area (Å²) in [6.07, 6.45) is -1.67. The van der Waals surface area contributed by atoms with E-state index in [9.17, 15) is 10.00 Å². The first kappa shape index (κ1) is 17.8. The van der Waals surface area contributed by atoms with Crippen molar-refractivity contribution < 1.29 is 33.6 Å². The van der Waals surface area contributed by atoms with Crippen LogP contribution < -0.4 is 0 Å². The van der Waals surface area contributed by atoms with E-state index in [0.29, 0.717) is 12.8 Å². The predicted molar refractivity (Wildman–Crippen MR) is 78.4 cm³/mol. The fourth-order valence-corrected chi connectivity index (χ4v) is 3.95. The number of aliphatic hydroxyl groups excluding tert-OH is 2. The Morgan fingerprint density at radius 3 is 2.62 bits per heavy atom. The zero-order valence-electron chi connectivity index (χ0n) is 11.7. The molecule has 0 bridgehead atoms. The van der Waals surface area contributed by atoms with Gasteiger partial charge in [0.2, 0.25) is 0 Å². The highest BCUT2D eigenvalue weighted by molar-refractivity contribution is 8.07. The van der Waals surface area contributed by atoms with E-state index in [-0.39, 0.29) is 19.3 Å². The normalized spacial score (nSPS) is 43.0. The van der Waals surface area contributed by atoms with Crippen LogP contribution in [0.25, 0.3) is 0 Å². The van der Waals surface area contributed by atoms with Crippen LogP contribution in [-0.2, 0) is 30.3 Å². The molecule has 0 spiro atoms. The third-order valence-electron chi connectivity index (χ3n) is 3.49. The van der Waals surface area contributed by atoms with Crippen molar-refractivity contribution >= 4 is 26.4 Å². The number of hydrogen-bond donors (Lipinski definition) is 3. The highest BCUT2D eigenvalue weighted by atomic mass is 32.5. The minimum Gasteiger partial charge on any atom is -0.394 e. The Balaban J connectivity index is 1.83. The van der Waals surface area contributed by atoms with Crippen molar-refractivity contribution in [2.24, 2.45) is 0 Å². The molecule has 0 aromatic heterocycles. The van der Waals surface area contributed by atoms with E-state index in [0.717, 1.165) is 0 Å². The molecule has 120 valence electrons. The second kappa shape index (κ2) is 7.34. The van der Waals surface area contributed by atoms with E-state index >= 15 is 0 Å². The van der Waals surface area contributed by atoms with Crippen LogP contribution in [0.5, 0.6) is 0 Å². The number of hydrogen-bond acceptors (Lipinski definition) is 7. The average molecular weight is 338 g/mol. The van der Waals surface area contributed by atoms with Crippen molar-refractivity contribution in [3.05, 3.63) is 0 Å². The summed E-state index contributed by atoms with van der Waals surface area (Å²) < 4.78 is 21.2. The lowest BCUT2D eigenvalue weighted by molar-refractivity contribution is -0.0243. The third-order valence-corrected chi connectivity index (χ3v) is 5.08. The Morgan fingerprint density at radius 2 is 2.05 bits per heavy atom. The summed E-state index contributed by atoms with van der Waals surface area (Å²) in [6, 6.07) is -0.567. The molecule has 2 heterocycles. The SMILES string of the molecule is [B][C@H]1C[C@@H](OP(O)(=S)OC[C@H]2O[C@@H](C)C[C@H]2O)[C@@H](CO)O1. The molecule has 2 saturated heterocycles. The van der Waals surface area contributed by atoms with E-state index < -0.39 is 37.1 Å². The van der Waals surface area contributed by atoms with Gasteiger partial charge in [-0.25, -0.2) is 0 Å². The molecular weight excluding hydrogens is 318 g/mol. The van der Waals surface area contributed by atoms with Crippen molar-refractivity contribution in [3.63, 3.8) is 0 Å². The van der Waals surface area contributed by atoms with Crippen LogP contribution in [0.3, 0.4) is 0 Å². The van der Waals surface area contributed by atoms with Gasteiger partial charge in [0.15, 0.2) is 0 Å². The fourth-order valence-electron chi connectivity index (χ4n) is 2.48. The monoisotopic (exact) mass is 338 g/mol. The highest BCUT2D eigenvalue weighted by Gasteiger charge is 2.38. The summed E-state index contributed by atoms with van der Waals surface area (Å²) in [5.41, 5.74) is 0. The molecule has 0 aromatic rings. The van der Waals surface area contributed by atoms with Gasteiger partial charge in [0.25, 0.3) is 0 Å². The Morgan fingerprint density at radius 1 is 1.33 bits per heavy atom. The second-order valence-electron chi connectivity index (χ2n) is 5.33. The molecule has 10 heteroatoms. The molecule has 7 nitrogen and oxygen atoms in total. The van der Waals surface area contributed by atoms with Crippen LogP contribution in [0, 0.1) is 0 Å². The van der Waals surface area contributed by atoms with Gasteiger partial charge in [0.1, 0.15) is 20.1 Å². The molecule has 21 heavy (non-hydrogen) atoms. The molecule has 2 fully saturated rings. The van der Waals surface area contributed by atoms with Crippen LogP contribution in [0.4, 0.5) is 0 Å². The van der Waals surface area contributed by atoms with Crippen molar-refractivity contribution in [1.82, 2.24) is 0 Å². The Hall–Kier alpha value is 0.435. The summed E-state index contributed by atoms with van der Waals surface area (Å²) in [5.74, 6) is 0. The van der Waals surface area contributed by atoms with Gasteiger partial charge in [-0.05, 0) is 25.2 Å². The van der Waals surface area contributed by atoms with Crippen molar-refractivity contribution in [1.29, 1.82) is 0 Å². The Bertz CT molecular complexity index is 401. The largest absolute Gasteiger partial charge is 0.394 e. The molecule has 0 saturated carbocycles. The van der Waals surface area contributed by atoms with Gasteiger partial charge in [0.05, 0.1) is 31.5 Å². The lowest BCUT2D eigenvalue weighted by Crippen LogP contribution is -2.29. The summed E-state index contributed by atoms with van der Waals surface area (Å²) in [5, 5.41) is 18.9. The van der Waals surface area contributed by atoms with E-state index in [2.05, 4.69) is 0 Å². The van der Waals surface area contributed by atoms with Gasteiger partial charge in [-0.3, -0.25) is 0 Å². The van der Waals surface area contributed by atoms with Crippen molar-refractivity contribution in [3.8, 4) is 0 Å². The minimum absolute atomic E-state index is 0.0529. The number of rotatable bonds is 6. The zero-order valence-corrected chi connectivity index (χ0v) is 13.4. The van der Waals surface area contributed by atoms with E-state index in [4.69, 9.17) is 43.3 Å². The molecule has 3 N–H and O–H groups in total. The molecule has 2 aliphatic heterocycles. The van der Waals surface area contributed by atoms with Crippen LogP contribution in [0.1, 0.15) is 19.8 Å². The fraction of sp³-hybridized carbons (Fsp3) is 1.00. The van der Waals surface area contributed by atoms with Crippen molar-refractivity contribution in [2.75, 3.05) is 13.2 Å². The average Bonchev–Trinajstić information content (AvgIpc) is 2.88. The van der Waals surface area contributed by atoms with E-state index in [1.807, 2.05) is 6.92 Å². The summed E-state index contributed by atoms with van der Waals surface area (Å²) in [6.45, 7) is -2.01. The lowest BCUT2D eigenvalue weighted by atomic mass is 9.96. The molecule has 7 atom stereocenters. The standard InChI is InChI=1S/C11H20BO7PS/c1-6-2-7(14)10(17-6)5-16-20(15,21)19-8-3-11(12)18-9(8)4-13/h6-11,13-14H,2-5H2,1H3,(H,15,21)/t6-,7+,8+,9+,10+,11+,20?/m0/s1. The molecule has 1 unspecified atom stereocenters. The molecular formula is C11H20BO7PS. The lowest BCUT2D eigenvalue weighted by Gasteiger charge is -2.24. The topological polar surface area (TPSA) is 97.6 Å². The van der Waals surface area contributed by atoms with Gasteiger partial charge in [-0.1, -0.05) is 0 Å². The Kier molecular flexibility index (Phi) is 6.21. The van der Waals surface area contributed by atoms with Crippen molar-refractivity contribution in [2.45, 2.75) is 56.3 Å². The number of aliphatic hydroxyl groups is 2.